The Labute approximate surface area is 267 Å². The smallest absolute Gasteiger partial charge is 0.0554 e. The molecule has 210 valence electrons. The van der Waals surface area contributed by atoms with E-state index in [1.165, 1.54) is 78.3 Å². The predicted molar refractivity (Wildman–Crippen MR) is 199 cm³/mol. The fourth-order valence-corrected chi connectivity index (χ4v) is 9.58. The van der Waals surface area contributed by atoms with Gasteiger partial charge in [0.1, 0.15) is 0 Å². The molecule has 1 nitrogen and oxygen atoms in total. The highest BCUT2D eigenvalue weighted by Crippen LogP contribution is 2.46. The van der Waals surface area contributed by atoms with Gasteiger partial charge in [-0.25, -0.2) is 0 Å². The minimum Gasteiger partial charge on any atom is -0.310 e. The maximum absolute atomic E-state index is 2.43. The summed E-state index contributed by atoms with van der Waals surface area (Å²) in [7, 11) is 0. The van der Waals surface area contributed by atoms with Gasteiger partial charge in [0.25, 0.3) is 0 Å². The Morgan fingerprint density at radius 3 is 1.89 bits per heavy atom. The molecule has 3 heteroatoms. The first-order valence-electron chi connectivity index (χ1n) is 15.3. The van der Waals surface area contributed by atoms with Crippen molar-refractivity contribution in [2.24, 2.45) is 0 Å². The van der Waals surface area contributed by atoms with Crippen molar-refractivity contribution in [3.05, 3.63) is 152 Å². The van der Waals surface area contributed by atoms with Gasteiger partial charge in [0.15, 0.2) is 0 Å². The quantitative estimate of drug-likeness (QED) is 0.181. The normalized spacial score (nSPS) is 12.0. The van der Waals surface area contributed by atoms with Gasteiger partial charge in [-0.05, 0) is 75.5 Å². The molecular weight excluding hydrogens is 583 g/mol. The average Bonchev–Trinajstić information content (AvgIpc) is 3.67. The Morgan fingerprint density at radius 2 is 1.00 bits per heavy atom. The average molecular weight is 608 g/mol. The Morgan fingerprint density at radius 1 is 0.356 bits per heavy atom. The maximum atomic E-state index is 2.43. The standard InChI is InChI=1S/C42H25NS2/c1-2-9-28(10-3-1)43(36-13-8-16-39-41(36)35-12-5-7-15-38(35)44-39)29-20-22-30-27(25-29)18-17-26-19-21-34-32(40(26)30)23-24-33-31-11-4-6-14-37(31)45-42(33)34/h1-25H. The van der Waals surface area contributed by atoms with Crippen molar-refractivity contribution in [3.63, 3.8) is 0 Å². The molecule has 10 rings (SSSR count). The van der Waals surface area contributed by atoms with Crippen LogP contribution in [0.3, 0.4) is 0 Å². The van der Waals surface area contributed by atoms with Crippen LogP contribution in [-0.2, 0) is 0 Å². The van der Waals surface area contributed by atoms with Crippen LogP contribution in [0.1, 0.15) is 0 Å². The molecule has 0 bridgehead atoms. The van der Waals surface area contributed by atoms with E-state index in [2.05, 4.69) is 157 Å². The largest absolute Gasteiger partial charge is 0.310 e. The first-order chi connectivity index (χ1) is 22.3. The van der Waals surface area contributed by atoms with Crippen LogP contribution in [-0.4, -0.2) is 0 Å². The van der Waals surface area contributed by atoms with Crippen LogP contribution in [0.15, 0.2) is 152 Å². The second kappa shape index (κ2) is 9.64. The van der Waals surface area contributed by atoms with E-state index in [0.29, 0.717) is 0 Å². The van der Waals surface area contributed by atoms with Gasteiger partial charge in [-0.3, -0.25) is 0 Å². The molecule has 0 saturated heterocycles. The lowest BCUT2D eigenvalue weighted by molar-refractivity contribution is 1.31. The lowest BCUT2D eigenvalue weighted by atomic mass is 9.95. The first-order valence-corrected chi connectivity index (χ1v) is 16.9. The topological polar surface area (TPSA) is 3.24 Å². The molecule has 0 radical (unpaired) electrons. The van der Waals surface area contributed by atoms with Crippen LogP contribution in [0.2, 0.25) is 0 Å². The van der Waals surface area contributed by atoms with E-state index >= 15 is 0 Å². The zero-order valence-electron chi connectivity index (χ0n) is 24.2. The van der Waals surface area contributed by atoms with Gasteiger partial charge >= 0.3 is 0 Å². The van der Waals surface area contributed by atoms with E-state index in [1.54, 1.807) is 0 Å². The van der Waals surface area contributed by atoms with Crippen molar-refractivity contribution in [1.82, 2.24) is 0 Å². The molecule has 0 aliphatic carbocycles. The van der Waals surface area contributed by atoms with Crippen LogP contribution >= 0.6 is 22.7 Å². The monoisotopic (exact) mass is 607 g/mol. The lowest BCUT2D eigenvalue weighted by Gasteiger charge is -2.27. The molecule has 0 fully saturated rings. The van der Waals surface area contributed by atoms with E-state index in [1.807, 2.05) is 22.7 Å². The Balaban J connectivity index is 1.23. The van der Waals surface area contributed by atoms with Crippen molar-refractivity contribution in [2.75, 3.05) is 4.90 Å². The molecule has 10 aromatic rings. The van der Waals surface area contributed by atoms with Crippen molar-refractivity contribution >= 4 is 112 Å². The summed E-state index contributed by atoms with van der Waals surface area (Å²) in [5.74, 6) is 0. The van der Waals surface area contributed by atoms with E-state index in [0.717, 1.165) is 11.4 Å². The SMILES string of the molecule is c1ccc(N(c2ccc3c(ccc4ccc5c(ccc6c7ccccc7sc65)c43)c2)c2cccc3sc4ccccc4c23)cc1. The minimum absolute atomic E-state index is 1.15. The molecule has 0 aliphatic rings. The summed E-state index contributed by atoms with van der Waals surface area (Å²) in [5.41, 5.74) is 3.51. The van der Waals surface area contributed by atoms with Crippen LogP contribution in [0.5, 0.6) is 0 Å². The molecule has 0 aliphatic heterocycles. The zero-order chi connectivity index (χ0) is 29.5. The van der Waals surface area contributed by atoms with Gasteiger partial charge < -0.3 is 4.90 Å². The van der Waals surface area contributed by atoms with Crippen LogP contribution < -0.4 is 4.90 Å². The highest BCUT2D eigenvalue weighted by atomic mass is 32.1. The van der Waals surface area contributed by atoms with Gasteiger partial charge in [0.2, 0.25) is 0 Å². The number of anilines is 3. The number of hydrogen-bond acceptors (Lipinski definition) is 3. The van der Waals surface area contributed by atoms with Crippen LogP contribution in [0, 0.1) is 0 Å². The highest BCUT2D eigenvalue weighted by molar-refractivity contribution is 7.26. The third-order valence-electron chi connectivity index (χ3n) is 9.21. The third-order valence-corrected chi connectivity index (χ3v) is 11.6. The van der Waals surface area contributed by atoms with Gasteiger partial charge in [-0.15, -0.1) is 22.7 Å². The third kappa shape index (κ3) is 3.72. The molecule has 0 spiro atoms. The number of rotatable bonds is 3. The number of para-hydroxylation sites is 1. The maximum Gasteiger partial charge on any atom is 0.0554 e. The zero-order valence-corrected chi connectivity index (χ0v) is 25.8. The highest BCUT2D eigenvalue weighted by Gasteiger charge is 2.19. The van der Waals surface area contributed by atoms with Crippen molar-refractivity contribution < 1.29 is 0 Å². The van der Waals surface area contributed by atoms with Crippen molar-refractivity contribution in [1.29, 1.82) is 0 Å². The van der Waals surface area contributed by atoms with Crippen molar-refractivity contribution in [3.8, 4) is 0 Å². The van der Waals surface area contributed by atoms with E-state index in [-0.39, 0.29) is 0 Å². The molecule has 0 unspecified atom stereocenters. The van der Waals surface area contributed by atoms with Gasteiger partial charge in [0, 0.05) is 57.1 Å². The van der Waals surface area contributed by atoms with E-state index < -0.39 is 0 Å². The van der Waals surface area contributed by atoms with E-state index in [4.69, 9.17) is 0 Å². The Bertz CT molecular complexity index is 2770. The van der Waals surface area contributed by atoms with Gasteiger partial charge in [0.05, 0.1) is 5.69 Å². The summed E-state index contributed by atoms with van der Waals surface area (Å²) in [6.07, 6.45) is 0. The fraction of sp³-hybridized carbons (Fsp3) is 0. The number of thiophene rings is 2. The number of benzene rings is 8. The second-order valence-electron chi connectivity index (χ2n) is 11.7. The summed E-state index contributed by atoms with van der Waals surface area (Å²) in [5, 5.41) is 13.1. The molecule has 8 aromatic carbocycles. The van der Waals surface area contributed by atoms with Crippen LogP contribution in [0.4, 0.5) is 17.1 Å². The summed E-state index contributed by atoms with van der Waals surface area (Å²) in [6.45, 7) is 0. The van der Waals surface area contributed by atoms with Crippen LogP contribution in [0.25, 0.3) is 72.7 Å². The van der Waals surface area contributed by atoms with Crippen molar-refractivity contribution in [2.45, 2.75) is 0 Å². The summed E-state index contributed by atoms with van der Waals surface area (Å²) < 4.78 is 5.34. The summed E-state index contributed by atoms with van der Waals surface area (Å²) in [6, 6.07) is 55.9. The Kier molecular flexibility index (Phi) is 5.39. The number of hydrogen-bond donors (Lipinski definition) is 0. The molecule has 0 N–H and O–H groups in total. The van der Waals surface area contributed by atoms with Gasteiger partial charge in [-0.2, -0.15) is 0 Å². The van der Waals surface area contributed by atoms with E-state index in [9.17, 15) is 0 Å². The molecule has 45 heavy (non-hydrogen) atoms. The number of nitrogens with zero attached hydrogens (tertiary/aromatic N) is 1. The van der Waals surface area contributed by atoms with Gasteiger partial charge in [-0.1, -0.05) is 103 Å². The molecule has 0 atom stereocenters. The predicted octanol–water partition coefficient (Wildman–Crippen LogP) is 13.4. The molecular formula is C42H25NS2. The fourth-order valence-electron chi connectivity index (χ4n) is 7.23. The first kappa shape index (κ1) is 25.1. The lowest BCUT2D eigenvalue weighted by Crippen LogP contribution is -2.10. The molecule has 0 saturated carbocycles. The minimum atomic E-state index is 1.15. The second-order valence-corrected chi connectivity index (χ2v) is 13.8. The summed E-state index contributed by atoms with van der Waals surface area (Å²) >= 11 is 3.77. The molecule has 0 amide bonds. The Hall–Kier alpha value is -5.22. The summed E-state index contributed by atoms with van der Waals surface area (Å²) in [4.78, 5) is 2.43. The molecule has 2 aromatic heterocycles. The molecule has 2 heterocycles. The number of fused-ring (bicyclic) bond motifs is 12.